The Hall–Kier alpha value is 1.16. The van der Waals surface area contributed by atoms with Crippen LogP contribution >= 0.6 is 0 Å². The van der Waals surface area contributed by atoms with Gasteiger partial charge in [0.15, 0.2) is 0 Å². The molecule has 0 aromatic heterocycles. The van der Waals surface area contributed by atoms with Gasteiger partial charge in [0.25, 0.3) is 0 Å². The second-order valence-electron chi connectivity index (χ2n) is 1.45. The molecular formula is C3H5BF3KO. The topological polar surface area (TPSA) is 17.1 Å². The Kier molecular flexibility index (Phi) is 8.41. The van der Waals surface area contributed by atoms with Crippen molar-refractivity contribution in [2.24, 2.45) is 0 Å². The van der Waals surface area contributed by atoms with Gasteiger partial charge in [-0.3, -0.25) is 0 Å². The fourth-order valence-electron chi connectivity index (χ4n) is 0.257. The molecule has 0 radical (unpaired) electrons. The zero-order chi connectivity index (χ0) is 6.62. The summed E-state index contributed by atoms with van der Waals surface area (Å²) in [5.74, 6) is 0. The van der Waals surface area contributed by atoms with Gasteiger partial charge in [-0.15, -0.1) is 0 Å². The maximum atomic E-state index is 11.1. The molecule has 0 amide bonds. The first kappa shape index (κ1) is 12.8. The summed E-state index contributed by atoms with van der Waals surface area (Å²) in [4.78, 5) is 9.36. The number of halogens is 3. The molecule has 9 heavy (non-hydrogen) atoms. The van der Waals surface area contributed by atoms with Crippen molar-refractivity contribution in [3.63, 3.8) is 0 Å². The second kappa shape index (κ2) is 5.91. The van der Waals surface area contributed by atoms with Crippen molar-refractivity contribution in [3.8, 4) is 0 Å². The molecule has 0 atom stereocenters. The van der Waals surface area contributed by atoms with Gasteiger partial charge in [0.1, 0.15) is 6.29 Å². The third-order valence-electron chi connectivity index (χ3n) is 0.612. The van der Waals surface area contributed by atoms with E-state index < -0.39 is 19.7 Å². The first-order chi connectivity index (χ1) is 3.56. The van der Waals surface area contributed by atoms with Crippen molar-refractivity contribution < 1.29 is 69.1 Å². The van der Waals surface area contributed by atoms with Crippen molar-refractivity contribution in [1.29, 1.82) is 0 Å². The largest absolute Gasteiger partial charge is 1.00 e. The molecule has 0 bridgehead atoms. The van der Waals surface area contributed by atoms with E-state index in [1.165, 1.54) is 0 Å². The molecule has 0 aromatic carbocycles. The van der Waals surface area contributed by atoms with Crippen LogP contribution in [0.1, 0.15) is 6.42 Å². The Labute approximate surface area is 93.9 Å². The number of rotatable bonds is 3. The van der Waals surface area contributed by atoms with Gasteiger partial charge in [0.2, 0.25) is 0 Å². The molecule has 0 rings (SSSR count). The molecule has 0 saturated heterocycles. The van der Waals surface area contributed by atoms with Gasteiger partial charge in [0, 0.05) is 0 Å². The summed E-state index contributed by atoms with van der Waals surface area (Å²) in [6.45, 7) is -4.73. The standard InChI is InChI=1S/C3H5BF3O.K/c5-4(6,7)2-1-3-8;/h3H,1-2H2;/q-1;+1. The molecule has 1 nitrogen and oxygen atoms in total. The SMILES string of the molecule is O=CCC[B-](F)(F)F.[K+]. The fourth-order valence-corrected chi connectivity index (χ4v) is 0.257. The van der Waals surface area contributed by atoms with E-state index >= 15 is 0 Å². The molecule has 0 saturated carbocycles. The van der Waals surface area contributed by atoms with Gasteiger partial charge < -0.3 is 17.7 Å². The molecular weight excluding hydrogens is 159 g/mol. The number of aldehydes is 1. The minimum Gasteiger partial charge on any atom is -0.449 e. The summed E-state index contributed by atoms with van der Waals surface area (Å²) in [6.07, 6.45) is -1.07. The predicted octanol–water partition coefficient (Wildman–Crippen LogP) is -1.57. The monoisotopic (exact) mass is 164 g/mol. The number of carbonyl (C=O) groups excluding carboxylic acids is 1. The van der Waals surface area contributed by atoms with Crippen LogP contribution in [0.2, 0.25) is 6.32 Å². The molecule has 0 aliphatic rings. The third kappa shape index (κ3) is 12.4. The van der Waals surface area contributed by atoms with E-state index in [9.17, 15) is 17.7 Å². The summed E-state index contributed by atoms with van der Waals surface area (Å²) in [7, 11) is 0. The molecule has 0 aliphatic heterocycles. The minimum absolute atomic E-state index is 0. The fraction of sp³-hybridized carbons (Fsp3) is 0.667. The maximum Gasteiger partial charge on any atom is 1.00 e. The van der Waals surface area contributed by atoms with Crippen molar-refractivity contribution in [1.82, 2.24) is 0 Å². The van der Waals surface area contributed by atoms with E-state index in [4.69, 9.17) is 0 Å². The van der Waals surface area contributed by atoms with Crippen molar-refractivity contribution >= 4 is 13.3 Å². The number of hydrogen-bond donors (Lipinski definition) is 0. The van der Waals surface area contributed by atoms with Crippen LogP contribution in [0, 0.1) is 0 Å². The third-order valence-corrected chi connectivity index (χ3v) is 0.612. The van der Waals surface area contributed by atoms with E-state index in [1.807, 2.05) is 0 Å². The van der Waals surface area contributed by atoms with Crippen molar-refractivity contribution in [2.75, 3.05) is 0 Å². The Morgan fingerprint density at radius 1 is 1.33 bits per heavy atom. The second-order valence-corrected chi connectivity index (χ2v) is 1.45. The number of carbonyl (C=O) groups is 1. The Morgan fingerprint density at radius 3 is 1.89 bits per heavy atom. The summed E-state index contributed by atoms with van der Waals surface area (Å²) in [5, 5.41) is 0. The molecule has 0 unspecified atom stereocenters. The van der Waals surface area contributed by atoms with Crippen LogP contribution in [0.25, 0.3) is 0 Å². The molecule has 48 valence electrons. The van der Waals surface area contributed by atoms with Gasteiger partial charge in [-0.25, -0.2) is 0 Å². The summed E-state index contributed by atoms with van der Waals surface area (Å²) in [6, 6.07) is 0. The van der Waals surface area contributed by atoms with Gasteiger partial charge in [0.05, 0.1) is 0 Å². The Morgan fingerprint density at radius 2 is 1.78 bits per heavy atom. The molecule has 0 aromatic rings. The van der Waals surface area contributed by atoms with Crippen molar-refractivity contribution in [3.05, 3.63) is 0 Å². The van der Waals surface area contributed by atoms with Crippen LogP contribution in [0.4, 0.5) is 12.9 Å². The van der Waals surface area contributed by atoms with Crippen LogP contribution in [-0.4, -0.2) is 13.3 Å². The van der Waals surface area contributed by atoms with Crippen LogP contribution in [0.3, 0.4) is 0 Å². The molecule has 6 heteroatoms. The van der Waals surface area contributed by atoms with Gasteiger partial charge in [-0.1, -0.05) is 6.32 Å². The predicted molar refractivity (Wildman–Crippen MR) is 24.6 cm³/mol. The molecule has 0 N–H and O–H groups in total. The molecule has 0 fully saturated rings. The van der Waals surface area contributed by atoms with Crippen LogP contribution in [0.5, 0.6) is 0 Å². The van der Waals surface area contributed by atoms with E-state index in [1.54, 1.807) is 0 Å². The average molecular weight is 164 g/mol. The normalized spacial score (nSPS) is 10.1. The van der Waals surface area contributed by atoms with Gasteiger partial charge >= 0.3 is 58.4 Å². The average Bonchev–Trinajstić information content (AvgIpc) is 1.59. The molecule has 0 spiro atoms. The zero-order valence-electron chi connectivity index (χ0n) is 5.11. The Balaban J connectivity index is 0. The summed E-state index contributed by atoms with van der Waals surface area (Å²) < 4.78 is 33.4. The first-order valence-electron chi connectivity index (χ1n) is 2.21. The molecule has 0 aliphatic carbocycles. The van der Waals surface area contributed by atoms with E-state index in [0.717, 1.165) is 0 Å². The van der Waals surface area contributed by atoms with Gasteiger partial charge in [-0.2, -0.15) is 0 Å². The number of hydrogen-bond acceptors (Lipinski definition) is 1. The van der Waals surface area contributed by atoms with Crippen LogP contribution < -0.4 is 51.4 Å². The summed E-state index contributed by atoms with van der Waals surface area (Å²) in [5.41, 5.74) is 0. The Bertz CT molecular complexity index is 83.6. The maximum absolute atomic E-state index is 11.1. The van der Waals surface area contributed by atoms with E-state index in [0.29, 0.717) is 0 Å². The quantitative estimate of drug-likeness (QED) is 0.363. The van der Waals surface area contributed by atoms with Crippen molar-refractivity contribution in [2.45, 2.75) is 12.7 Å². The summed E-state index contributed by atoms with van der Waals surface area (Å²) >= 11 is 0. The van der Waals surface area contributed by atoms with E-state index in [-0.39, 0.29) is 57.7 Å². The zero-order valence-corrected chi connectivity index (χ0v) is 8.23. The minimum atomic E-state index is -4.73. The molecule has 0 heterocycles. The van der Waals surface area contributed by atoms with Crippen LogP contribution in [0.15, 0.2) is 0 Å². The smallest absolute Gasteiger partial charge is 0.449 e. The first-order valence-corrected chi connectivity index (χ1v) is 2.21. The van der Waals surface area contributed by atoms with Gasteiger partial charge in [-0.05, 0) is 6.42 Å². The van der Waals surface area contributed by atoms with Crippen LogP contribution in [-0.2, 0) is 4.79 Å². The van der Waals surface area contributed by atoms with E-state index in [2.05, 4.69) is 0 Å².